The fourth-order valence-electron chi connectivity index (χ4n) is 2.58. The molecule has 1 N–H and O–H groups in total. The summed E-state index contributed by atoms with van der Waals surface area (Å²) in [6, 6.07) is 7.14. The van der Waals surface area contributed by atoms with E-state index in [1.807, 2.05) is 12.1 Å². The molecule has 2 amide bonds. The van der Waals surface area contributed by atoms with Gasteiger partial charge in [-0.25, -0.2) is 4.79 Å². The van der Waals surface area contributed by atoms with Gasteiger partial charge in [0.05, 0.1) is 13.0 Å². The van der Waals surface area contributed by atoms with Crippen LogP contribution in [0.4, 0.5) is 10.5 Å². The smallest absolute Gasteiger partial charge is 0.412 e. The lowest BCUT2D eigenvalue weighted by atomic mass is 10.1. The van der Waals surface area contributed by atoms with Crippen molar-refractivity contribution in [2.45, 2.75) is 39.3 Å². The number of hydrogen-bond acceptors (Lipinski definition) is 5. The summed E-state index contributed by atoms with van der Waals surface area (Å²) < 4.78 is 9.89. The number of nitrogens with one attached hydrogen (secondary N) is 1. The maximum absolute atomic E-state index is 12.0. The molecule has 1 aromatic carbocycles. The number of esters is 1. The summed E-state index contributed by atoms with van der Waals surface area (Å²) in [6.45, 7) is 6.17. The second-order valence-corrected chi connectivity index (χ2v) is 7.02. The van der Waals surface area contributed by atoms with E-state index in [1.165, 1.54) is 7.11 Å². The van der Waals surface area contributed by atoms with Crippen LogP contribution in [-0.4, -0.2) is 42.1 Å². The van der Waals surface area contributed by atoms with Crippen molar-refractivity contribution in [2.75, 3.05) is 19.0 Å². The standard InChI is InChI=1S/C18H24N2O5/c1-18(2,3)25-17(23)19-14-7-5-12(6-8-14)10-20-11-13(9-15(20)21)16(22)24-4/h5-8,13H,9-11H2,1-4H3,(H,19,23). The molecule has 2 rings (SSSR count). The van der Waals surface area contributed by atoms with E-state index < -0.39 is 17.6 Å². The Morgan fingerprint density at radius 2 is 1.88 bits per heavy atom. The van der Waals surface area contributed by atoms with Crippen LogP contribution in [-0.2, 0) is 25.6 Å². The zero-order valence-corrected chi connectivity index (χ0v) is 15.0. The number of rotatable bonds is 4. The molecule has 0 saturated carbocycles. The average Bonchev–Trinajstić information content (AvgIpc) is 2.87. The summed E-state index contributed by atoms with van der Waals surface area (Å²) in [5.74, 6) is -0.815. The van der Waals surface area contributed by atoms with Crippen molar-refractivity contribution in [3.8, 4) is 0 Å². The van der Waals surface area contributed by atoms with Crippen molar-refractivity contribution in [2.24, 2.45) is 5.92 Å². The fraction of sp³-hybridized carbons (Fsp3) is 0.500. The lowest BCUT2D eigenvalue weighted by molar-refractivity contribution is -0.145. The molecule has 0 aromatic heterocycles. The largest absolute Gasteiger partial charge is 0.469 e. The summed E-state index contributed by atoms with van der Waals surface area (Å²) in [5, 5.41) is 2.65. The topological polar surface area (TPSA) is 84.9 Å². The number of likely N-dealkylation sites (tertiary alicyclic amines) is 1. The van der Waals surface area contributed by atoms with Gasteiger partial charge in [0.1, 0.15) is 5.60 Å². The number of carbonyl (C=O) groups excluding carboxylic acids is 3. The highest BCUT2D eigenvalue weighted by Gasteiger charge is 2.34. The SMILES string of the molecule is COC(=O)C1CC(=O)N(Cc2ccc(NC(=O)OC(C)(C)C)cc2)C1. The molecule has 1 unspecified atom stereocenters. The molecule has 0 radical (unpaired) electrons. The molecule has 0 spiro atoms. The van der Waals surface area contributed by atoms with Crippen molar-refractivity contribution in [3.63, 3.8) is 0 Å². The molecule has 1 aliphatic heterocycles. The highest BCUT2D eigenvalue weighted by Crippen LogP contribution is 2.22. The number of nitrogens with zero attached hydrogens (tertiary/aromatic N) is 1. The van der Waals surface area contributed by atoms with Crippen LogP contribution in [0, 0.1) is 5.92 Å². The Morgan fingerprint density at radius 1 is 1.24 bits per heavy atom. The van der Waals surface area contributed by atoms with Gasteiger partial charge in [-0.2, -0.15) is 0 Å². The van der Waals surface area contributed by atoms with E-state index in [4.69, 9.17) is 9.47 Å². The quantitative estimate of drug-likeness (QED) is 0.845. The number of anilines is 1. The first-order valence-corrected chi connectivity index (χ1v) is 8.12. The molecule has 1 aromatic rings. The van der Waals surface area contributed by atoms with Gasteiger partial charge in [0, 0.05) is 25.2 Å². The van der Waals surface area contributed by atoms with Gasteiger partial charge < -0.3 is 14.4 Å². The molecule has 1 heterocycles. The summed E-state index contributed by atoms with van der Waals surface area (Å²) in [5.41, 5.74) is 0.961. The number of ether oxygens (including phenoxy) is 2. The van der Waals surface area contributed by atoms with Gasteiger partial charge in [-0.05, 0) is 38.5 Å². The molecule has 1 saturated heterocycles. The number of amides is 2. The number of hydrogen-bond donors (Lipinski definition) is 1. The van der Waals surface area contributed by atoms with Crippen molar-refractivity contribution < 1.29 is 23.9 Å². The molecule has 1 aliphatic rings. The van der Waals surface area contributed by atoms with Crippen molar-refractivity contribution in [1.82, 2.24) is 4.90 Å². The molecule has 0 bridgehead atoms. The fourth-order valence-corrected chi connectivity index (χ4v) is 2.58. The first kappa shape index (κ1) is 18.8. The minimum atomic E-state index is -0.559. The van der Waals surface area contributed by atoms with Crippen LogP contribution < -0.4 is 5.32 Å². The third-order valence-corrected chi connectivity index (χ3v) is 3.72. The molecular weight excluding hydrogens is 324 g/mol. The molecule has 7 heteroatoms. The van der Waals surface area contributed by atoms with Crippen LogP contribution in [0.2, 0.25) is 0 Å². The van der Waals surface area contributed by atoms with Crippen LogP contribution in [0.1, 0.15) is 32.8 Å². The zero-order valence-electron chi connectivity index (χ0n) is 15.0. The molecule has 7 nitrogen and oxygen atoms in total. The molecule has 1 fully saturated rings. The molecule has 136 valence electrons. The summed E-state index contributed by atoms with van der Waals surface area (Å²) in [4.78, 5) is 36.9. The maximum Gasteiger partial charge on any atom is 0.412 e. The van der Waals surface area contributed by atoms with E-state index in [0.29, 0.717) is 18.8 Å². The van der Waals surface area contributed by atoms with E-state index in [2.05, 4.69) is 5.32 Å². The Morgan fingerprint density at radius 3 is 2.44 bits per heavy atom. The summed E-state index contributed by atoms with van der Waals surface area (Å²) >= 11 is 0. The predicted octanol–water partition coefficient (Wildman–Crippen LogP) is 2.56. The van der Waals surface area contributed by atoms with Crippen molar-refractivity contribution in [3.05, 3.63) is 29.8 Å². The Labute approximate surface area is 147 Å². The monoisotopic (exact) mass is 348 g/mol. The molecule has 0 aliphatic carbocycles. The van der Waals surface area contributed by atoms with Gasteiger partial charge in [-0.15, -0.1) is 0 Å². The van der Waals surface area contributed by atoms with Gasteiger partial charge in [0.15, 0.2) is 0 Å². The maximum atomic E-state index is 12.0. The predicted molar refractivity (Wildman–Crippen MR) is 91.8 cm³/mol. The normalized spacial score (nSPS) is 17.4. The van der Waals surface area contributed by atoms with Gasteiger partial charge in [-0.1, -0.05) is 12.1 Å². The number of benzene rings is 1. The number of carbonyl (C=O) groups is 3. The van der Waals surface area contributed by atoms with E-state index in [9.17, 15) is 14.4 Å². The summed E-state index contributed by atoms with van der Waals surface area (Å²) in [6.07, 6.45) is -0.332. The van der Waals surface area contributed by atoms with E-state index in [0.717, 1.165) is 5.56 Å². The van der Waals surface area contributed by atoms with Crippen LogP contribution >= 0.6 is 0 Å². The second-order valence-electron chi connectivity index (χ2n) is 7.02. The Kier molecular flexibility index (Phi) is 5.66. The highest BCUT2D eigenvalue weighted by atomic mass is 16.6. The average molecular weight is 348 g/mol. The van der Waals surface area contributed by atoms with E-state index in [1.54, 1.807) is 37.8 Å². The first-order valence-electron chi connectivity index (χ1n) is 8.12. The molecular formula is C18H24N2O5. The minimum Gasteiger partial charge on any atom is -0.469 e. The summed E-state index contributed by atoms with van der Waals surface area (Å²) in [7, 11) is 1.33. The second kappa shape index (κ2) is 7.55. The van der Waals surface area contributed by atoms with Gasteiger partial charge in [0.25, 0.3) is 0 Å². The Bertz CT molecular complexity index is 648. The lowest BCUT2D eigenvalue weighted by Crippen LogP contribution is -2.27. The van der Waals surface area contributed by atoms with E-state index in [-0.39, 0.29) is 18.3 Å². The van der Waals surface area contributed by atoms with E-state index >= 15 is 0 Å². The van der Waals surface area contributed by atoms with Crippen molar-refractivity contribution in [1.29, 1.82) is 0 Å². The minimum absolute atomic E-state index is 0.0636. The zero-order chi connectivity index (χ0) is 18.6. The van der Waals surface area contributed by atoms with Crippen molar-refractivity contribution >= 4 is 23.7 Å². The molecule has 1 atom stereocenters. The van der Waals surface area contributed by atoms with Crippen LogP contribution in [0.15, 0.2) is 24.3 Å². The first-order chi connectivity index (χ1) is 11.7. The highest BCUT2D eigenvalue weighted by molar-refractivity contribution is 5.87. The van der Waals surface area contributed by atoms with Gasteiger partial charge in [0.2, 0.25) is 5.91 Å². The Hall–Kier alpha value is -2.57. The van der Waals surface area contributed by atoms with Gasteiger partial charge >= 0.3 is 12.1 Å². The van der Waals surface area contributed by atoms with Gasteiger partial charge in [-0.3, -0.25) is 14.9 Å². The van der Waals surface area contributed by atoms with Crippen LogP contribution in [0.5, 0.6) is 0 Å². The van der Waals surface area contributed by atoms with Crippen LogP contribution in [0.3, 0.4) is 0 Å². The molecule has 25 heavy (non-hydrogen) atoms. The third kappa shape index (κ3) is 5.48. The third-order valence-electron chi connectivity index (χ3n) is 3.72. The number of methoxy groups -OCH3 is 1. The van der Waals surface area contributed by atoms with Crippen LogP contribution in [0.25, 0.3) is 0 Å². The lowest BCUT2D eigenvalue weighted by Gasteiger charge is -2.20. The Balaban J connectivity index is 1.91.